The van der Waals surface area contributed by atoms with Crippen LogP contribution in [0.1, 0.15) is 44.1 Å². The Morgan fingerprint density at radius 1 is 1.23 bits per heavy atom. The Labute approximate surface area is 154 Å². The van der Waals surface area contributed by atoms with Crippen molar-refractivity contribution in [3.63, 3.8) is 0 Å². The van der Waals surface area contributed by atoms with E-state index in [0.29, 0.717) is 17.9 Å². The molecule has 1 atom stereocenters. The van der Waals surface area contributed by atoms with Crippen LogP contribution in [0.5, 0.6) is 0 Å². The minimum atomic E-state index is -0.706. The second-order valence-corrected chi connectivity index (χ2v) is 7.15. The molecule has 0 radical (unpaired) electrons. The highest BCUT2D eigenvalue weighted by molar-refractivity contribution is 5.85. The molecule has 0 unspecified atom stereocenters. The molecule has 0 aromatic carbocycles. The molecule has 1 aliphatic heterocycles. The molecule has 1 saturated carbocycles. The molecule has 1 aromatic heterocycles. The summed E-state index contributed by atoms with van der Waals surface area (Å²) in [5, 5.41) is 24.8. The first kappa shape index (κ1) is 18.2. The minimum Gasteiger partial charge on any atom is -0.368 e. The Morgan fingerprint density at radius 3 is 2.54 bits per heavy atom. The number of carbonyl (C=O) groups excluding carboxylic acids is 1. The van der Waals surface area contributed by atoms with Crippen molar-refractivity contribution in [3.8, 4) is 12.1 Å². The molecule has 1 amide bonds. The molecule has 0 spiro atoms. The second kappa shape index (κ2) is 8.16. The maximum absolute atomic E-state index is 12.8. The Hall–Kier alpha value is -2.64. The number of rotatable bonds is 6. The first-order valence-electron chi connectivity index (χ1n) is 9.21. The Kier molecular flexibility index (Phi) is 5.70. The van der Waals surface area contributed by atoms with Gasteiger partial charge in [0.2, 0.25) is 0 Å². The number of nitrogens with one attached hydrogen (secondary N) is 2. The van der Waals surface area contributed by atoms with Gasteiger partial charge in [0.25, 0.3) is 5.91 Å². The zero-order valence-corrected chi connectivity index (χ0v) is 14.9. The Morgan fingerprint density at radius 2 is 1.96 bits per heavy atom. The normalized spacial score (nSPS) is 20.1. The number of likely N-dealkylation sites (tertiary alicyclic amines) is 1. The summed E-state index contributed by atoms with van der Waals surface area (Å²) < 4.78 is 0. The fourth-order valence-electron chi connectivity index (χ4n) is 3.86. The largest absolute Gasteiger partial charge is 0.368 e. The average molecular weight is 352 g/mol. The molecule has 7 heteroatoms. The summed E-state index contributed by atoms with van der Waals surface area (Å²) in [6.07, 6.45) is 7.51. The number of carbonyl (C=O) groups is 1. The lowest BCUT2D eigenvalue weighted by Gasteiger charge is -2.33. The van der Waals surface area contributed by atoms with Crippen molar-refractivity contribution in [2.24, 2.45) is 0 Å². The summed E-state index contributed by atoms with van der Waals surface area (Å²) in [6.45, 7) is 2.19. The number of hydrogen-bond acceptors (Lipinski definition) is 6. The first-order chi connectivity index (χ1) is 12.7. The summed E-state index contributed by atoms with van der Waals surface area (Å²) in [5.74, 6) is 0.492. The minimum absolute atomic E-state index is 0.189. The quantitative estimate of drug-likeness (QED) is 0.808. The molecule has 2 heterocycles. The molecule has 1 saturated heterocycles. The number of hydrogen-bond donors (Lipinski definition) is 2. The van der Waals surface area contributed by atoms with Crippen LogP contribution in [-0.4, -0.2) is 47.0 Å². The third-order valence-corrected chi connectivity index (χ3v) is 5.33. The van der Waals surface area contributed by atoms with Crippen molar-refractivity contribution in [2.75, 3.05) is 25.0 Å². The van der Waals surface area contributed by atoms with Crippen LogP contribution in [0, 0.1) is 22.7 Å². The molecular weight excluding hydrogens is 328 g/mol. The fraction of sp³-hybridized carbons (Fsp3) is 0.579. The van der Waals surface area contributed by atoms with Crippen molar-refractivity contribution in [1.29, 1.82) is 10.5 Å². The van der Waals surface area contributed by atoms with E-state index in [1.807, 2.05) is 11.0 Å². The first-order valence-corrected chi connectivity index (χ1v) is 9.21. The highest BCUT2D eigenvalue weighted by atomic mass is 16.2. The van der Waals surface area contributed by atoms with Crippen LogP contribution in [0.3, 0.4) is 0 Å². The van der Waals surface area contributed by atoms with Gasteiger partial charge in [0.15, 0.2) is 6.04 Å². The van der Waals surface area contributed by atoms with Gasteiger partial charge in [-0.15, -0.1) is 0 Å². The maximum atomic E-state index is 12.8. The number of amides is 1. The molecule has 2 aliphatic rings. The van der Waals surface area contributed by atoms with Crippen molar-refractivity contribution in [1.82, 2.24) is 15.2 Å². The van der Waals surface area contributed by atoms with Crippen LogP contribution < -0.4 is 10.6 Å². The van der Waals surface area contributed by atoms with E-state index in [1.165, 1.54) is 6.20 Å². The monoisotopic (exact) mass is 352 g/mol. The topological polar surface area (TPSA) is 105 Å². The van der Waals surface area contributed by atoms with Gasteiger partial charge in [0.05, 0.1) is 17.2 Å². The van der Waals surface area contributed by atoms with Crippen LogP contribution in [0.4, 0.5) is 5.82 Å². The van der Waals surface area contributed by atoms with E-state index in [2.05, 4.69) is 21.7 Å². The molecule has 3 rings (SSSR count). The van der Waals surface area contributed by atoms with Gasteiger partial charge < -0.3 is 10.6 Å². The number of nitriles is 2. The maximum Gasteiger partial charge on any atom is 0.252 e. The van der Waals surface area contributed by atoms with Gasteiger partial charge in [-0.1, -0.05) is 12.8 Å². The summed E-state index contributed by atoms with van der Waals surface area (Å²) in [5.41, 5.74) is 0.170. The molecule has 2 N–H and O–H groups in total. The molecule has 136 valence electrons. The fourth-order valence-corrected chi connectivity index (χ4v) is 3.86. The van der Waals surface area contributed by atoms with E-state index in [-0.39, 0.29) is 11.4 Å². The predicted molar refractivity (Wildman–Crippen MR) is 97.0 cm³/mol. The lowest BCUT2D eigenvalue weighted by Crippen LogP contribution is -2.56. The molecule has 26 heavy (non-hydrogen) atoms. The van der Waals surface area contributed by atoms with Crippen molar-refractivity contribution in [2.45, 2.75) is 50.1 Å². The zero-order chi connectivity index (χ0) is 18.4. The number of nitrogens with zero attached hydrogens (tertiary/aromatic N) is 4. The third-order valence-electron chi connectivity index (χ3n) is 5.33. The van der Waals surface area contributed by atoms with Gasteiger partial charge in [-0.25, -0.2) is 4.98 Å². The predicted octanol–water partition coefficient (Wildman–Crippen LogP) is 1.78. The van der Waals surface area contributed by atoms with Gasteiger partial charge in [0, 0.05) is 12.7 Å². The molecule has 2 fully saturated rings. The Bertz CT molecular complexity index is 705. The van der Waals surface area contributed by atoms with Crippen molar-refractivity contribution >= 4 is 11.7 Å². The van der Waals surface area contributed by atoms with Crippen LogP contribution in [0.15, 0.2) is 18.3 Å². The van der Waals surface area contributed by atoms with E-state index in [0.717, 1.165) is 51.6 Å². The van der Waals surface area contributed by atoms with Crippen molar-refractivity contribution < 1.29 is 4.79 Å². The van der Waals surface area contributed by atoms with Crippen LogP contribution in [0.25, 0.3) is 0 Å². The third kappa shape index (κ3) is 4.12. The van der Waals surface area contributed by atoms with Gasteiger partial charge in [-0.2, -0.15) is 10.5 Å². The Balaban J connectivity index is 1.64. The molecule has 1 aliphatic carbocycles. The van der Waals surface area contributed by atoms with Gasteiger partial charge in [-0.05, 0) is 50.9 Å². The lowest BCUT2D eigenvalue weighted by molar-refractivity contribution is -0.126. The zero-order valence-electron chi connectivity index (χ0n) is 14.9. The summed E-state index contributed by atoms with van der Waals surface area (Å²) >= 11 is 0. The second-order valence-electron chi connectivity index (χ2n) is 7.15. The van der Waals surface area contributed by atoms with E-state index in [4.69, 9.17) is 5.26 Å². The van der Waals surface area contributed by atoms with Crippen molar-refractivity contribution in [3.05, 3.63) is 23.9 Å². The number of aromatic nitrogens is 1. The van der Waals surface area contributed by atoms with Crippen LogP contribution in [0.2, 0.25) is 0 Å². The van der Waals surface area contributed by atoms with Gasteiger partial charge >= 0.3 is 0 Å². The molecule has 1 aromatic rings. The average Bonchev–Trinajstić information content (AvgIpc) is 3.34. The van der Waals surface area contributed by atoms with E-state index < -0.39 is 6.04 Å². The van der Waals surface area contributed by atoms with Crippen LogP contribution >= 0.6 is 0 Å². The highest BCUT2D eigenvalue weighted by Gasteiger charge is 2.38. The standard InChI is InChI=1S/C19H24N6O/c20-11-15-5-6-17(22-13-15)23-14-19(7-1-2-8-19)24-18(26)16(12-21)25-9-3-4-10-25/h5-6,13,16H,1-4,7-10,14H2,(H,22,23)(H,24,26)/t16-/m0/s1. The van der Waals surface area contributed by atoms with E-state index in [1.54, 1.807) is 12.1 Å². The highest BCUT2D eigenvalue weighted by Crippen LogP contribution is 2.30. The summed E-state index contributed by atoms with van der Waals surface area (Å²) in [4.78, 5) is 19.0. The van der Waals surface area contributed by atoms with Crippen LogP contribution in [-0.2, 0) is 4.79 Å². The van der Waals surface area contributed by atoms with E-state index >= 15 is 0 Å². The lowest BCUT2D eigenvalue weighted by atomic mass is 9.96. The molecule has 7 nitrogen and oxygen atoms in total. The smallest absolute Gasteiger partial charge is 0.252 e. The summed E-state index contributed by atoms with van der Waals surface area (Å²) in [7, 11) is 0. The SMILES string of the molecule is N#Cc1ccc(NCC2(NC(=O)[C@H](C#N)N3CCCC3)CCCC2)nc1. The molecular formula is C19H24N6O. The summed E-state index contributed by atoms with van der Waals surface area (Å²) in [6, 6.07) is 7.00. The molecule has 0 bridgehead atoms. The van der Waals surface area contributed by atoms with E-state index in [9.17, 15) is 10.1 Å². The number of anilines is 1. The number of pyridine rings is 1. The van der Waals surface area contributed by atoms with Gasteiger partial charge in [0.1, 0.15) is 11.9 Å². The van der Waals surface area contributed by atoms with Gasteiger partial charge in [-0.3, -0.25) is 9.69 Å².